The molecule has 2 aromatic heterocycles. The lowest BCUT2D eigenvalue weighted by atomic mass is 9.92. The lowest BCUT2D eigenvalue weighted by molar-refractivity contribution is 0.0262. The van der Waals surface area contributed by atoms with Crippen LogP contribution in [0.5, 0.6) is 0 Å². The maximum absolute atomic E-state index is 5.89. The van der Waals surface area contributed by atoms with E-state index in [1.807, 2.05) is 13.8 Å². The van der Waals surface area contributed by atoms with Crippen LogP contribution in [0.2, 0.25) is 0 Å². The van der Waals surface area contributed by atoms with Gasteiger partial charge in [0, 0.05) is 18.2 Å². The monoisotopic (exact) mass is 424 g/mol. The van der Waals surface area contributed by atoms with E-state index < -0.39 is 0 Å². The van der Waals surface area contributed by atoms with Crippen molar-refractivity contribution < 1.29 is 14.0 Å². The third-order valence-corrected chi connectivity index (χ3v) is 6.74. The van der Waals surface area contributed by atoms with Crippen molar-refractivity contribution in [1.29, 1.82) is 0 Å². The van der Waals surface area contributed by atoms with E-state index in [9.17, 15) is 0 Å². The van der Waals surface area contributed by atoms with Gasteiger partial charge in [-0.2, -0.15) is 0 Å². The molecule has 0 unspecified atom stereocenters. The zero-order valence-electron chi connectivity index (χ0n) is 18.7. The lowest BCUT2D eigenvalue weighted by Gasteiger charge is -2.32. The molecular formula is C24H32N4O3. The molecule has 1 aromatic carbocycles. The number of rotatable bonds is 5. The number of aromatic nitrogens is 3. The number of hydrogen-bond donors (Lipinski definition) is 1. The van der Waals surface area contributed by atoms with Gasteiger partial charge < -0.3 is 18.6 Å². The van der Waals surface area contributed by atoms with Crippen LogP contribution in [0, 0.1) is 13.8 Å². The molecule has 0 amide bonds. The first-order chi connectivity index (χ1) is 15.2. The van der Waals surface area contributed by atoms with Gasteiger partial charge in [-0.1, -0.05) is 11.2 Å². The largest absolute Gasteiger partial charge is 0.379 e. The minimum atomic E-state index is 0.216. The zero-order chi connectivity index (χ0) is 21.4. The van der Waals surface area contributed by atoms with Crippen molar-refractivity contribution in [2.75, 3.05) is 19.9 Å². The first-order valence-corrected chi connectivity index (χ1v) is 11.5. The van der Waals surface area contributed by atoms with E-state index in [1.165, 1.54) is 5.52 Å². The molecule has 1 aliphatic heterocycles. The Kier molecular flexibility index (Phi) is 5.82. The van der Waals surface area contributed by atoms with E-state index in [4.69, 9.17) is 19.0 Å². The Labute approximate surface area is 183 Å². The molecule has 1 aliphatic carbocycles. The van der Waals surface area contributed by atoms with Crippen molar-refractivity contribution in [1.82, 2.24) is 20.0 Å². The van der Waals surface area contributed by atoms with Crippen LogP contribution < -0.4 is 5.32 Å². The van der Waals surface area contributed by atoms with E-state index >= 15 is 0 Å². The number of fused-ring (bicyclic) bond motifs is 1. The normalized spacial score (nSPS) is 24.7. The van der Waals surface area contributed by atoms with Gasteiger partial charge in [-0.15, -0.1) is 0 Å². The maximum Gasteiger partial charge on any atom is 0.141 e. The minimum Gasteiger partial charge on any atom is -0.379 e. The number of hydrogen-bond acceptors (Lipinski definition) is 6. The Balaban J connectivity index is 1.55. The van der Waals surface area contributed by atoms with Crippen LogP contribution in [-0.2, 0) is 9.47 Å². The summed E-state index contributed by atoms with van der Waals surface area (Å²) in [6, 6.07) is 7.26. The zero-order valence-corrected chi connectivity index (χ0v) is 18.7. The summed E-state index contributed by atoms with van der Waals surface area (Å²) in [5.74, 6) is 1.98. The third-order valence-electron chi connectivity index (χ3n) is 6.74. The number of nitrogens with one attached hydrogen (secondary N) is 1. The van der Waals surface area contributed by atoms with Crippen LogP contribution in [0.3, 0.4) is 0 Å². The van der Waals surface area contributed by atoms with Crippen molar-refractivity contribution >= 4 is 11.0 Å². The van der Waals surface area contributed by atoms with Crippen LogP contribution in [0.4, 0.5) is 0 Å². The molecule has 1 saturated heterocycles. The highest BCUT2D eigenvalue weighted by Gasteiger charge is 2.29. The molecule has 2 aliphatic rings. The van der Waals surface area contributed by atoms with Crippen LogP contribution in [0.25, 0.3) is 22.2 Å². The highest BCUT2D eigenvalue weighted by atomic mass is 16.5. The minimum absolute atomic E-state index is 0.216. The van der Waals surface area contributed by atoms with Gasteiger partial charge in [0.05, 0.1) is 42.2 Å². The molecule has 166 valence electrons. The van der Waals surface area contributed by atoms with Crippen molar-refractivity contribution in [3.05, 3.63) is 35.5 Å². The van der Waals surface area contributed by atoms with Gasteiger partial charge in [0.25, 0.3) is 0 Å². The predicted molar refractivity (Wildman–Crippen MR) is 119 cm³/mol. The van der Waals surface area contributed by atoms with Crippen LogP contribution in [0.15, 0.2) is 22.7 Å². The molecule has 1 N–H and O–H groups in total. The van der Waals surface area contributed by atoms with Gasteiger partial charge in [0.2, 0.25) is 0 Å². The molecule has 0 bridgehead atoms. The van der Waals surface area contributed by atoms with Gasteiger partial charge >= 0.3 is 0 Å². The molecule has 2 fully saturated rings. The van der Waals surface area contributed by atoms with Crippen molar-refractivity contribution in [2.45, 2.75) is 71.1 Å². The summed E-state index contributed by atoms with van der Waals surface area (Å²) in [6.45, 7) is 8.18. The molecular weight excluding hydrogens is 392 g/mol. The molecule has 1 saturated carbocycles. The maximum atomic E-state index is 5.89. The standard InChI is InChI=1S/C24H32N4O3/c1-4-30-19-8-6-18(7-9-19)28-22-10-5-17(23-15(2)27-31-16(23)3)13-21(22)26-24(28)20-11-12-29-14-25-20/h5,10,13,18-20,25H,4,6-9,11-12,14H2,1-3H3/t18?,19?,20-/m0/s1. The third kappa shape index (κ3) is 3.90. The van der Waals surface area contributed by atoms with E-state index in [1.54, 1.807) is 0 Å². The first-order valence-electron chi connectivity index (χ1n) is 11.5. The number of nitrogens with zero attached hydrogens (tertiary/aromatic N) is 3. The quantitative estimate of drug-likeness (QED) is 0.632. The predicted octanol–water partition coefficient (Wildman–Crippen LogP) is 4.84. The molecule has 7 heteroatoms. The summed E-state index contributed by atoms with van der Waals surface area (Å²) >= 11 is 0. The summed E-state index contributed by atoms with van der Waals surface area (Å²) in [5.41, 5.74) is 5.34. The Morgan fingerprint density at radius 2 is 2.00 bits per heavy atom. The molecule has 31 heavy (non-hydrogen) atoms. The molecule has 1 atom stereocenters. The van der Waals surface area contributed by atoms with E-state index in [2.05, 4.69) is 40.2 Å². The highest BCUT2D eigenvalue weighted by molar-refractivity contribution is 5.84. The molecule has 0 radical (unpaired) electrons. The SMILES string of the molecule is CCOC1CCC(n2c([C@@H]3CCOCN3)nc3cc(-c4c(C)noc4C)ccc32)CC1. The van der Waals surface area contributed by atoms with Gasteiger partial charge in [-0.25, -0.2) is 4.98 Å². The Hall–Kier alpha value is -2.22. The second kappa shape index (κ2) is 8.73. The number of ether oxygens (including phenoxy) is 2. The van der Waals surface area contributed by atoms with Crippen LogP contribution in [-0.4, -0.2) is 40.8 Å². The van der Waals surface area contributed by atoms with Crippen molar-refractivity contribution in [2.24, 2.45) is 0 Å². The summed E-state index contributed by atoms with van der Waals surface area (Å²) in [6.07, 6.45) is 5.79. The second-order valence-corrected chi connectivity index (χ2v) is 8.73. The average Bonchev–Trinajstić information content (AvgIpc) is 3.34. The lowest BCUT2D eigenvalue weighted by Crippen LogP contribution is -2.34. The van der Waals surface area contributed by atoms with E-state index in [0.717, 1.165) is 79.2 Å². The molecule has 3 heterocycles. The summed E-state index contributed by atoms with van der Waals surface area (Å²) in [4.78, 5) is 5.16. The fraction of sp³-hybridized carbons (Fsp3) is 0.583. The van der Waals surface area contributed by atoms with E-state index in [0.29, 0.717) is 18.9 Å². The van der Waals surface area contributed by atoms with E-state index in [-0.39, 0.29) is 6.04 Å². The molecule has 3 aromatic rings. The first kappa shape index (κ1) is 20.7. The van der Waals surface area contributed by atoms with Gasteiger partial charge in [0.15, 0.2) is 0 Å². The smallest absolute Gasteiger partial charge is 0.141 e. The molecule has 0 spiro atoms. The fourth-order valence-corrected chi connectivity index (χ4v) is 5.26. The number of imidazole rings is 1. The molecule has 7 nitrogen and oxygen atoms in total. The summed E-state index contributed by atoms with van der Waals surface area (Å²) < 4.78 is 19.3. The van der Waals surface area contributed by atoms with Gasteiger partial charge in [0.1, 0.15) is 11.6 Å². The summed E-state index contributed by atoms with van der Waals surface area (Å²) in [7, 11) is 0. The van der Waals surface area contributed by atoms with Gasteiger partial charge in [-0.3, -0.25) is 5.32 Å². The number of benzene rings is 1. The fourth-order valence-electron chi connectivity index (χ4n) is 5.26. The van der Waals surface area contributed by atoms with Gasteiger partial charge in [-0.05, 0) is 70.6 Å². The average molecular weight is 425 g/mol. The Bertz CT molecular complexity index is 1020. The second-order valence-electron chi connectivity index (χ2n) is 8.73. The van der Waals surface area contributed by atoms with Crippen molar-refractivity contribution in [3.63, 3.8) is 0 Å². The van der Waals surface area contributed by atoms with Crippen LogP contribution >= 0.6 is 0 Å². The topological polar surface area (TPSA) is 74.3 Å². The van der Waals surface area contributed by atoms with Crippen molar-refractivity contribution in [3.8, 4) is 11.1 Å². The Morgan fingerprint density at radius 1 is 1.16 bits per heavy atom. The molecule has 5 rings (SSSR count). The number of aryl methyl sites for hydroxylation is 2. The highest BCUT2D eigenvalue weighted by Crippen LogP contribution is 2.38. The summed E-state index contributed by atoms with van der Waals surface area (Å²) in [5, 5.41) is 7.64. The van der Waals surface area contributed by atoms with Crippen LogP contribution in [0.1, 0.15) is 68.4 Å². The Morgan fingerprint density at radius 3 is 2.68 bits per heavy atom.